The van der Waals surface area contributed by atoms with Gasteiger partial charge in [0.05, 0.1) is 12.7 Å². The lowest BCUT2D eigenvalue weighted by Crippen LogP contribution is -2.37. The maximum absolute atomic E-state index is 12.5. The molecule has 0 spiro atoms. The first-order valence-corrected chi connectivity index (χ1v) is 4.77. The highest BCUT2D eigenvalue weighted by molar-refractivity contribution is 6.08. The molecule has 3 nitrogen and oxygen atoms in total. The van der Waals surface area contributed by atoms with Crippen molar-refractivity contribution in [3.63, 3.8) is 0 Å². The Labute approximate surface area is 99.1 Å². The van der Waals surface area contributed by atoms with Gasteiger partial charge in [-0.2, -0.15) is 8.78 Å². The van der Waals surface area contributed by atoms with Crippen molar-refractivity contribution < 1.29 is 31.6 Å². The van der Waals surface area contributed by atoms with E-state index in [0.29, 0.717) is 0 Å². The fourth-order valence-corrected chi connectivity index (χ4v) is 1.02. The van der Waals surface area contributed by atoms with Crippen molar-refractivity contribution in [2.24, 2.45) is 0 Å². The van der Waals surface area contributed by atoms with Gasteiger partial charge in [-0.1, -0.05) is 0 Å². The minimum Gasteiger partial charge on any atom is -0.465 e. The molecule has 0 radical (unpaired) electrons. The summed E-state index contributed by atoms with van der Waals surface area (Å²) in [5.74, 6) is -7.63. The van der Waals surface area contributed by atoms with Gasteiger partial charge in [-0.15, -0.1) is 0 Å². The van der Waals surface area contributed by atoms with E-state index in [-0.39, 0.29) is 5.76 Å². The molecule has 0 N–H and O–H groups in total. The van der Waals surface area contributed by atoms with Gasteiger partial charge in [0.2, 0.25) is 5.78 Å². The van der Waals surface area contributed by atoms with Gasteiger partial charge in [0.1, 0.15) is 5.76 Å². The van der Waals surface area contributed by atoms with E-state index in [4.69, 9.17) is 4.42 Å². The minimum absolute atomic E-state index is 0.274. The van der Waals surface area contributed by atoms with Crippen LogP contribution < -0.4 is 0 Å². The molecule has 0 aliphatic carbocycles. The summed E-state index contributed by atoms with van der Waals surface area (Å²) in [6.45, 7) is 0. The molecule has 0 fully saturated rings. The Morgan fingerprint density at radius 2 is 2.06 bits per heavy atom. The van der Waals surface area contributed by atoms with Crippen molar-refractivity contribution >= 4 is 17.6 Å². The molecule has 18 heavy (non-hydrogen) atoms. The van der Waals surface area contributed by atoms with E-state index >= 15 is 0 Å². The first kappa shape index (κ1) is 14.1. The molecule has 1 aromatic rings. The van der Waals surface area contributed by atoms with E-state index in [1.807, 2.05) is 0 Å². The van der Waals surface area contributed by atoms with Crippen LogP contribution in [0.2, 0.25) is 0 Å². The third-order valence-corrected chi connectivity index (χ3v) is 1.96. The molecule has 1 heterocycles. The van der Waals surface area contributed by atoms with E-state index in [9.17, 15) is 27.2 Å². The van der Waals surface area contributed by atoms with Gasteiger partial charge in [0, 0.05) is 0 Å². The number of hydrogen-bond acceptors (Lipinski definition) is 3. The summed E-state index contributed by atoms with van der Waals surface area (Å²) in [7, 11) is 0. The van der Waals surface area contributed by atoms with Crippen molar-refractivity contribution in [2.45, 2.75) is 18.8 Å². The Morgan fingerprint density at radius 3 is 2.56 bits per heavy atom. The number of carbonyl (C=O) groups excluding carboxylic acids is 2. The second kappa shape index (κ2) is 5.61. The predicted molar refractivity (Wildman–Crippen MR) is 53.3 cm³/mol. The third kappa shape index (κ3) is 3.54. The molecule has 0 aliphatic rings. The van der Waals surface area contributed by atoms with Gasteiger partial charge in [0.15, 0.2) is 5.78 Å². The van der Waals surface area contributed by atoms with Crippen molar-refractivity contribution in [2.75, 3.05) is 0 Å². The Bertz CT molecular complexity index is 449. The zero-order chi connectivity index (χ0) is 13.8. The van der Waals surface area contributed by atoms with Gasteiger partial charge < -0.3 is 4.42 Å². The Balaban J connectivity index is 2.58. The van der Waals surface area contributed by atoms with Crippen molar-refractivity contribution in [3.8, 4) is 0 Å². The van der Waals surface area contributed by atoms with Gasteiger partial charge >= 0.3 is 12.3 Å². The molecule has 0 aromatic carbocycles. The number of rotatable bonds is 6. The lowest BCUT2D eigenvalue weighted by atomic mass is 10.1. The Kier molecular flexibility index (Phi) is 4.41. The van der Waals surface area contributed by atoms with Gasteiger partial charge in [0.25, 0.3) is 0 Å². The summed E-state index contributed by atoms with van der Waals surface area (Å²) in [5.41, 5.74) is 0. The molecule has 0 amide bonds. The Hall–Kier alpha value is -1.92. The number of alkyl halides is 4. The van der Waals surface area contributed by atoms with Crippen LogP contribution in [0.1, 0.15) is 12.2 Å². The lowest BCUT2D eigenvalue weighted by Gasteiger charge is -2.12. The van der Waals surface area contributed by atoms with Crippen LogP contribution in [0.5, 0.6) is 0 Å². The first-order valence-electron chi connectivity index (χ1n) is 4.77. The minimum atomic E-state index is -4.80. The smallest absolute Gasteiger partial charge is 0.364 e. The summed E-state index contributed by atoms with van der Waals surface area (Å²) in [5, 5.41) is 0. The van der Waals surface area contributed by atoms with E-state index in [0.717, 1.165) is 12.2 Å². The van der Waals surface area contributed by atoms with Crippen molar-refractivity contribution in [1.29, 1.82) is 0 Å². The normalized spacial score (nSPS) is 12.3. The average Bonchev–Trinajstić information content (AvgIpc) is 2.78. The SMILES string of the molecule is O=C(/C=C/c1ccco1)CC(=O)C(F)(F)C(F)F. The van der Waals surface area contributed by atoms with Crippen molar-refractivity contribution in [1.82, 2.24) is 0 Å². The molecular weight excluding hydrogens is 256 g/mol. The topological polar surface area (TPSA) is 47.3 Å². The fraction of sp³-hybridized carbons (Fsp3) is 0.273. The molecule has 7 heteroatoms. The van der Waals surface area contributed by atoms with Crippen LogP contribution in [0, 0.1) is 0 Å². The monoisotopic (exact) mass is 264 g/mol. The van der Waals surface area contributed by atoms with E-state index in [1.54, 1.807) is 0 Å². The van der Waals surface area contributed by atoms with E-state index < -0.39 is 30.3 Å². The standard InChI is InChI=1S/C11H8F4O3/c12-10(13)11(14,15)9(17)6-7(16)3-4-8-2-1-5-18-8/h1-5,10H,6H2/b4-3+. The molecule has 1 rings (SSSR count). The molecule has 98 valence electrons. The number of allylic oxidation sites excluding steroid dienone is 1. The second-order valence-corrected chi connectivity index (χ2v) is 3.34. The molecule has 0 unspecified atom stereocenters. The number of halogens is 4. The first-order chi connectivity index (χ1) is 8.34. The maximum Gasteiger partial charge on any atom is 0.364 e. The predicted octanol–water partition coefficient (Wildman–Crippen LogP) is 2.72. The summed E-state index contributed by atoms with van der Waals surface area (Å²) >= 11 is 0. The summed E-state index contributed by atoms with van der Waals surface area (Å²) in [4.78, 5) is 21.9. The fourth-order valence-electron chi connectivity index (χ4n) is 1.02. The van der Waals surface area contributed by atoms with Gasteiger partial charge in [-0.25, -0.2) is 8.78 Å². The molecular formula is C11H8F4O3. The van der Waals surface area contributed by atoms with Crippen LogP contribution in [0.3, 0.4) is 0 Å². The van der Waals surface area contributed by atoms with Crippen LogP contribution in [0.25, 0.3) is 6.08 Å². The number of Topliss-reactive ketones (excluding diaryl/α,β-unsaturated/α-hetero) is 1. The van der Waals surface area contributed by atoms with Crippen LogP contribution in [-0.4, -0.2) is 23.9 Å². The lowest BCUT2D eigenvalue weighted by molar-refractivity contribution is -0.167. The second-order valence-electron chi connectivity index (χ2n) is 3.34. The molecule has 0 saturated heterocycles. The largest absolute Gasteiger partial charge is 0.465 e. The van der Waals surface area contributed by atoms with Gasteiger partial charge in [-0.3, -0.25) is 9.59 Å². The molecule has 1 aromatic heterocycles. The summed E-state index contributed by atoms with van der Waals surface area (Å²) < 4.78 is 53.5. The highest BCUT2D eigenvalue weighted by Crippen LogP contribution is 2.25. The molecule has 0 bridgehead atoms. The van der Waals surface area contributed by atoms with Crippen LogP contribution >= 0.6 is 0 Å². The van der Waals surface area contributed by atoms with Crippen molar-refractivity contribution in [3.05, 3.63) is 30.2 Å². The van der Waals surface area contributed by atoms with Crippen LogP contribution in [0.15, 0.2) is 28.9 Å². The number of carbonyl (C=O) groups is 2. The molecule has 0 aliphatic heterocycles. The van der Waals surface area contributed by atoms with E-state index in [2.05, 4.69) is 0 Å². The van der Waals surface area contributed by atoms with Gasteiger partial charge in [-0.05, 0) is 24.3 Å². The molecule has 0 atom stereocenters. The number of hydrogen-bond donors (Lipinski definition) is 0. The average molecular weight is 264 g/mol. The number of furan rings is 1. The maximum atomic E-state index is 12.5. The quantitative estimate of drug-likeness (QED) is 0.451. The highest BCUT2D eigenvalue weighted by Gasteiger charge is 2.48. The number of ketones is 2. The van der Waals surface area contributed by atoms with Crippen LogP contribution in [-0.2, 0) is 9.59 Å². The highest BCUT2D eigenvalue weighted by atomic mass is 19.3. The zero-order valence-corrected chi connectivity index (χ0v) is 8.91. The Morgan fingerprint density at radius 1 is 1.39 bits per heavy atom. The van der Waals surface area contributed by atoms with Crippen LogP contribution in [0.4, 0.5) is 17.6 Å². The summed E-state index contributed by atoms with van der Waals surface area (Å²) in [6.07, 6.45) is -2.12. The van der Waals surface area contributed by atoms with E-state index in [1.165, 1.54) is 18.4 Å². The summed E-state index contributed by atoms with van der Waals surface area (Å²) in [6, 6.07) is 3.01. The third-order valence-electron chi connectivity index (χ3n) is 1.96. The molecule has 0 saturated carbocycles. The zero-order valence-electron chi connectivity index (χ0n) is 8.91.